The Morgan fingerprint density at radius 1 is 0.642 bits per heavy atom. The van der Waals surface area contributed by atoms with Crippen LogP contribution >= 0.6 is 7.26 Å². The van der Waals surface area contributed by atoms with Crippen molar-refractivity contribution in [3.8, 4) is 0 Å². The number of hydrogen-bond acceptors (Lipinski definition) is 2. The zero-order valence-corrected chi connectivity index (χ0v) is 37.5. The third-order valence-corrected chi connectivity index (χ3v) is 20.8. The van der Waals surface area contributed by atoms with Crippen molar-refractivity contribution < 1.29 is 42.7 Å². The SMILES string of the molecule is Cc1cc(C)c(C2C(=C3NCCN3)CCCC2[PH](c2c(C)cc(C)cc2C)(C2CCCCC2)C2CCCCC2)c(C)c1.[Cl-].[Cl-].[Ru+2]=[C]=Cc1ccccc1. The zero-order chi connectivity index (χ0) is 36.0. The average Bonchev–Trinajstić information content (AvgIpc) is 3.66. The topological polar surface area (TPSA) is 24.1 Å². The monoisotopic (exact) mass is 860 g/mol. The van der Waals surface area contributed by atoms with E-state index in [9.17, 15) is 0 Å². The number of rotatable bonds is 6. The van der Waals surface area contributed by atoms with Gasteiger partial charge in [-0.2, -0.15) is 0 Å². The standard InChI is InChI=1S/C39H59N2P.C8H6.2ClH.Ru/c1-26-22-28(3)36(29(4)23-26)37-34(39-40-20-21-41-39)18-13-19-35(37)42(32-14-9-7-10-15-32,33-16-11-8-12-17-33)38-30(5)24-27(2)25-31(38)6;1-2-8-6-4-3-5-7-8;;;/h22-25,32-33,35,37,40-42H,7-21H2,1-6H3;2-7H;2*1H;/q;;;;+2/p-2. The van der Waals surface area contributed by atoms with E-state index in [-0.39, 0.29) is 24.8 Å². The van der Waals surface area contributed by atoms with Gasteiger partial charge in [-0.25, -0.2) is 0 Å². The maximum atomic E-state index is 3.86. The van der Waals surface area contributed by atoms with Crippen LogP contribution in [-0.2, 0) is 17.9 Å². The molecule has 7 rings (SSSR count). The van der Waals surface area contributed by atoms with Crippen molar-refractivity contribution in [2.75, 3.05) is 13.1 Å². The predicted octanol–water partition coefficient (Wildman–Crippen LogP) is 4.97. The molecular formula is C47H65Cl2N2PRu. The summed E-state index contributed by atoms with van der Waals surface area (Å²) in [5.74, 6) is 1.93. The average molecular weight is 861 g/mol. The molecule has 3 aliphatic carbocycles. The van der Waals surface area contributed by atoms with Crippen LogP contribution in [0.1, 0.15) is 134 Å². The molecule has 4 aliphatic rings. The molecule has 4 fully saturated rings. The molecule has 2 N–H and O–H groups in total. The number of allylic oxidation sites excluding steroid dienone is 1. The molecule has 0 radical (unpaired) electrons. The second-order valence-electron chi connectivity index (χ2n) is 16.6. The fourth-order valence-electron chi connectivity index (χ4n) is 11.8. The van der Waals surface area contributed by atoms with Gasteiger partial charge in [-0.05, 0) is 0 Å². The summed E-state index contributed by atoms with van der Waals surface area (Å²) in [6.07, 6.45) is 20.6. The minimum absolute atomic E-state index is 0. The van der Waals surface area contributed by atoms with E-state index in [0.29, 0.717) is 5.92 Å². The van der Waals surface area contributed by atoms with Crippen molar-refractivity contribution in [2.45, 2.75) is 148 Å². The summed E-state index contributed by atoms with van der Waals surface area (Å²) in [7, 11) is -2.07. The molecular weight excluding hydrogens is 795 g/mol. The molecule has 0 aromatic heterocycles. The van der Waals surface area contributed by atoms with Crippen molar-refractivity contribution in [1.29, 1.82) is 0 Å². The first-order chi connectivity index (χ1) is 24.7. The van der Waals surface area contributed by atoms with Crippen molar-refractivity contribution >= 4 is 22.9 Å². The summed E-state index contributed by atoms with van der Waals surface area (Å²) in [6.45, 7) is 16.7. The van der Waals surface area contributed by atoms with Gasteiger partial charge in [0, 0.05) is 0 Å². The number of halogens is 2. The molecule has 1 aliphatic heterocycles. The molecule has 3 saturated carbocycles. The number of aryl methyl sites for hydroxylation is 6. The van der Waals surface area contributed by atoms with Crippen LogP contribution in [0, 0.1) is 41.5 Å². The molecule has 53 heavy (non-hydrogen) atoms. The summed E-state index contributed by atoms with van der Waals surface area (Å²) in [4.78, 5) is 0. The van der Waals surface area contributed by atoms with E-state index in [1.54, 1.807) is 22.3 Å². The van der Waals surface area contributed by atoms with Gasteiger partial charge < -0.3 is 24.8 Å². The van der Waals surface area contributed by atoms with E-state index in [0.717, 1.165) is 30.1 Å². The first kappa shape index (κ1) is 44.0. The fraction of sp³-hybridized carbons (Fsp3) is 0.532. The first-order valence-electron chi connectivity index (χ1n) is 20.4. The van der Waals surface area contributed by atoms with Gasteiger partial charge in [0.15, 0.2) is 0 Å². The number of nitrogens with one attached hydrogen (secondary N) is 2. The van der Waals surface area contributed by atoms with Gasteiger partial charge >= 0.3 is 323 Å². The van der Waals surface area contributed by atoms with Crippen molar-refractivity contribution in [3.05, 3.63) is 110 Å². The molecule has 0 amide bonds. The summed E-state index contributed by atoms with van der Waals surface area (Å²) < 4.78 is 2.89. The normalized spacial score (nSPS) is 21.1. The first-order valence-corrected chi connectivity index (χ1v) is 23.5. The Morgan fingerprint density at radius 3 is 1.62 bits per heavy atom. The summed E-state index contributed by atoms with van der Waals surface area (Å²) in [5, 5.41) is 9.64. The van der Waals surface area contributed by atoms with E-state index < -0.39 is 7.26 Å². The molecule has 0 spiro atoms. The van der Waals surface area contributed by atoms with Crippen LogP contribution in [0.15, 0.2) is 66.0 Å². The van der Waals surface area contributed by atoms with Gasteiger partial charge in [0.05, 0.1) is 0 Å². The van der Waals surface area contributed by atoms with Gasteiger partial charge in [-0.1, -0.05) is 0 Å². The number of benzene rings is 3. The van der Waals surface area contributed by atoms with Crippen LogP contribution in [0.2, 0.25) is 0 Å². The molecule has 3 aromatic carbocycles. The Balaban J connectivity index is 0.000000501. The van der Waals surface area contributed by atoms with Crippen LogP contribution in [0.5, 0.6) is 0 Å². The quantitative estimate of drug-likeness (QED) is 0.271. The summed E-state index contributed by atoms with van der Waals surface area (Å²) >= 11 is 2.34. The van der Waals surface area contributed by atoms with Crippen LogP contribution in [0.3, 0.4) is 0 Å². The second-order valence-corrected chi connectivity index (χ2v) is 21.8. The van der Waals surface area contributed by atoms with Gasteiger partial charge in [0.1, 0.15) is 0 Å². The molecule has 1 saturated heterocycles. The van der Waals surface area contributed by atoms with Crippen LogP contribution in [-0.4, -0.2) is 34.3 Å². The van der Waals surface area contributed by atoms with E-state index >= 15 is 0 Å². The Kier molecular flexibility index (Phi) is 17.0. The Bertz CT molecular complexity index is 1660. The Morgan fingerprint density at radius 2 is 1.13 bits per heavy atom. The third-order valence-electron chi connectivity index (χ3n) is 13.1. The molecule has 2 nitrogen and oxygen atoms in total. The predicted molar refractivity (Wildman–Crippen MR) is 222 cm³/mol. The van der Waals surface area contributed by atoms with E-state index in [1.165, 1.54) is 117 Å². The third kappa shape index (κ3) is 9.64. The minimum atomic E-state index is -2.07. The second kappa shape index (κ2) is 20.4. The fourth-order valence-corrected chi connectivity index (χ4v) is 21.0. The van der Waals surface area contributed by atoms with Gasteiger partial charge in [-0.3, -0.25) is 0 Å². The van der Waals surface area contributed by atoms with E-state index in [4.69, 9.17) is 0 Å². The molecule has 6 heteroatoms. The summed E-state index contributed by atoms with van der Waals surface area (Å²) in [5.41, 5.74) is 16.4. The van der Waals surface area contributed by atoms with Gasteiger partial charge in [0.2, 0.25) is 0 Å². The van der Waals surface area contributed by atoms with Gasteiger partial charge in [-0.15, -0.1) is 0 Å². The van der Waals surface area contributed by atoms with E-state index in [1.807, 2.05) is 41.7 Å². The van der Waals surface area contributed by atoms with Crippen LogP contribution in [0.25, 0.3) is 6.08 Å². The molecule has 0 bridgehead atoms. The maximum absolute atomic E-state index is 3.86. The Labute approximate surface area is 345 Å². The van der Waals surface area contributed by atoms with Crippen molar-refractivity contribution in [3.63, 3.8) is 0 Å². The van der Waals surface area contributed by atoms with Crippen LogP contribution in [0.4, 0.5) is 0 Å². The number of hydrogen-bond donors (Lipinski definition) is 2. The summed E-state index contributed by atoms with van der Waals surface area (Å²) in [6, 6.07) is 20.3. The van der Waals surface area contributed by atoms with E-state index in [2.05, 4.69) is 98.6 Å². The molecule has 2 unspecified atom stereocenters. The molecule has 290 valence electrons. The van der Waals surface area contributed by atoms with Crippen molar-refractivity contribution in [1.82, 2.24) is 10.6 Å². The molecule has 2 atom stereocenters. The van der Waals surface area contributed by atoms with Crippen LogP contribution < -0.4 is 40.8 Å². The van der Waals surface area contributed by atoms with Crippen molar-refractivity contribution in [2.24, 2.45) is 0 Å². The molecule has 1 heterocycles. The molecule has 3 aromatic rings. The zero-order valence-electron chi connectivity index (χ0n) is 33.3. The van der Waals surface area contributed by atoms with Gasteiger partial charge in [0.25, 0.3) is 0 Å². The Hall–Kier alpha value is -1.72.